The predicted octanol–water partition coefficient (Wildman–Crippen LogP) is 5.29. The van der Waals surface area contributed by atoms with Gasteiger partial charge in [0.25, 0.3) is 0 Å². The largest absolute Gasteiger partial charge is 0.494 e. The number of hydrogen-bond donors (Lipinski definition) is 2. The smallest absolute Gasteiger partial charge is 0.145 e. The Bertz CT molecular complexity index is 1140. The van der Waals surface area contributed by atoms with Crippen molar-refractivity contribution in [1.82, 2.24) is 9.97 Å². The monoisotopic (exact) mass is 373 g/mol. The molecular weight excluding hydrogens is 346 g/mol. The van der Waals surface area contributed by atoms with Crippen molar-refractivity contribution in [3.05, 3.63) is 59.3 Å². The van der Waals surface area contributed by atoms with Crippen LogP contribution in [0.25, 0.3) is 33.1 Å². The number of aromatic amines is 1. The lowest BCUT2D eigenvalue weighted by molar-refractivity contribution is 0.419. The van der Waals surface area contributed by atoms with Crippen LogP contribution >= 0.6 is 0 Å². The van der Waals surface area contributed by atoms with Crippen LogP contribution in [0.1, 0.15) is 29.5 Å². The van der Waals surface area contributed by atoms with Gasteiger partial charge in [-0.05, 0) is 74.5 Å². The molecule has 0 unspecified atom stereocenters. The first-order valence-corrected chi connectivity index (χ1v) is 9.88. The van der Waals surface area contributed by atoms with Gasteiger partial charge in [-0.15, -0.1) is 0 Å². The van der Waals surface area contributed by atoms with Crippen LogP contribution in [-0.2, 0) is 6.42 Å². The third kappa shape index (κ3) is 3.04. The standard InChI is InChI=1S/C24H27N3O/c1-15-9-10-16(2)22-21(15)19(7-4-5-13-25)23(27-22)18-11-12-20(28-3)24-17(18)8-6-14-26-24/h6,8-12,14,27H,4-5,7,13,25H2,1-3H3. The van der Waals surface area contributed by atoms with E-state index in [0.717, 1.165) is 42.5 Å². The average molecular weight is 374 g/mol. The van der Waals surface area contributed by atoms with Crippen LogP contribution in [-0.4, -0.2) is 23.6 Å². The summed E-state index contributed by atoms with van der Waals surface area (Å²) >= 11 is 0. The van der Waals surface area contributed by atoms with Crippen molar-refractivity contribution in [3.8, 4) is 17.0 Å². The van der Waals surface area contributed by atoms with Crippen LogP contribution in [0.2, 0.25) is 0 Å². The molecule has 2 aromatic carbocycles. The van der Waals surface area contributed by atoms with E-state index in [-0.39, 0.29) is 0 Å². The van der Waals surface area contributed by atoms with Gasteiger partial charge in [-0.2, -0.15) is 0 Å². The maximum absolute atomic E-state index is 5.76. The molecule has 0 fully saturated rings. The molecule has 0 atom stereocenters. The van der Waals surface area contributed by atoms with E-state index in [1.807, 2.05) is 18.3 Å². The molecule has 0 aliphatic carbocycles. The van der Waals surface area contributed by atoms with Crippen molar-refractivity contribution in [2.75, 3.05) is 13.7 Å². The van der Waals surface area contributed by atoms with Crippen molar-refractivity contribution < 1.29 is 4.74 Å². The van der Waals surface area contributed by atoms with Gasteiger partial charge in [-0.25, -0.2) is 0 Å². The van der Waals surface area contributed by atoms with Crippen LogP contribution in [0.15, 0.2) is 42.6 Å². The molecule has 4 aromatic rings. The van der Waals surface area contributed by atoms with Gasteiger partial charge in [-0.3, -0.25) is 4.98 Å². The molecule has 0 amide bonds. The maximum atomic E-state index is 5.76. The Kier molecular flexibility index (Phi) is 5.05. The summed E-state index contributed by atoms with van der Waals surface area (Å²) in [5.41, 5.74) is 14.2. The summed E-state index contributed by atoms with van der Waals surface area (Å²) in [4.78, 5) is 8.32. The quantitative estimate of drug-likeness (QED) is 0.451. The van der Waals surface area contributed by atoms with E-state index in [9.17, 15) is 0 Å². The summed E-state index contributed by atoms with van der Waals surface area (Å²) in [6, 6.07) is 12.7. The molecule has 28 heavy (non-hydrogen) atoms. The van der Waals surface area contributed by atoms with Crippen molar-refractivity contribution >= 4 is 21.8 Å². The molecule has 144 valence electrons. The summed E-state index contributed by atoms with van der Waals surface area (Å²) in [7, 11) is 1.69. The molecular formula is C24H27N3O. The van der Waals surface area contributed by atoms with Crippen molar-refractivity contribution in [3.63, 3.8) is 0 Å². The minimum atomic E-state index is 0.727. The highest BCUT2D eigenvalue weighted by Crippen LogP contribution is 2.39. The molecule has 0 aliphatic rings. The Labute approximate surface area is 165 Å². The highest BCUT2D eigenvalue weighted by atomic mass is 16.5. The number of pyridine rings is 1. The van der Waals surface area contributed by atoms with Crippen LogP contribution < -0.4 is 10.5 Å². The molecule has 0 saturated heterocycles. The zero-order valence-corrected chi connectivity index (χ0v) is 16.8. The molecule has 0 radical (unpaired) electrons. The van der Waals surface area contributed by atoms with E-state index in [1.165, 1.54) is 38.9 Å². The highest BCUT2D eigenvalue weighted by Gasteiger charge is 2.18. The van der Waals surface area contributed by atoms with Crippen molar-refractivity contribution in [2.24, 2.45) is 5.73 Å². The topological polar surface area (TPSA) is 63.9 Å². The lowest BCUT2D eigenvalue weighted by atomic mass is 9.95. The van der Waals surface area contributed by atoms with E-state index >= 15 is 0 Å². The van der Waals surface area contributed by atoms with Gasteiger partial charge < -0.3 is 15.5 Å². The number of ether oxygens (including phenoxy) is 1. The van der Waals surface area contributed by atoms with Gasteiger partial charge >= 0.3 is 0 Å². The molecule has 2 aromatic heterocycles. The van der Waals surface area contributed by atoms with Crippen molar-refractivity contribution in [2.45, 2.75) is 33.1 Å². The average Bonchev–Trinajstić information content (AvgIpc) is 3.11. The number of benzene rings is 2. The third-order valence-corrected chi connectivity index (χ3v) is 5.58. The Balaban J connectivity index is 2.01. The second-order valence-corrected chi connectivity index (χ2v) is 7.39. The Morgan fingerprint density at radius 3 is 2.64 bits per heavy atom. The summed E-state index contributed by atoms with van der Waals surface area (Å²) in [6.45, 7) is 5.09. The molecule has 0 bridgehead atoms. The molecule has 4 heteroatoms. The zero-order valence-electron chi connectivity index (χ0n) is 16.8. The number of rotatable bonds is 6. The lowest BCUT2D eigenvalue weighted by Gasteiger charge is -2.11. The zero-order chi connectivity index (χ0) is 19.7. The number of nitrogens with two attached hydrogens (primary N) is 1. The predicted molar refractivity (Wildman–Crippen MR) is 117 cm³/mol. The number of nitrogens with one attached hydrogen (secondary N) is 1. The van der Waals surface area contributed by atoms with Gasteiger partial charge in [0.05, 0.1) is 12.8 Å². The number of hydrogen-bond acceptors (Lipinski definition) is 3. The number of fused-ring (bicyclic) bond motifs is 2. The summed E-state index contributed by atoms with van der Waals surface area (Å²) < 4.78 is 5.54. The maximum Gasteiger partial charge on any atom is 0.145 e. The SMILES string of the molecule is COc1ccc(-c2[nH]c3c(C)ccc(C)c3c2CCCCN)c2cccnc12. The minimum Gasteiger partial charge on any atom is -0.494 e. The molecule has 2 heterocycles. The van der Waals surface area contributed by atoms with Crippen LogP contribution in [0.5, 0.6) is 5.75 Å². The van der Waals surface area contributed by atoms with E-state index in [2.05, 4.69) is 48.1 Å². The van der Waals surface area contributed by atoms with Crippen molar-refractivity contribution in [1.29, 1.82) is 0 Å². The first kappa shape index (κ1) is 18.5. The van der Waals surface area contributed by atoms with Gasteiger partial charge in [0.2, 0.25) is 0 Å². The normalized spacial score (nSPS) is 11.4. The van der Waals surface area contributed by atoms with Gasteiger partial charge in [0, 0.05) is 28.0 Å². The number of aromatic nitrogens is 2. The van der Waals surface area contributed by atoms with Crippen LogP contribution in [0.4, 0.5) is 0 Å². The molecule has 4 nitrogen and oxygen atoms in total. The van der Waals surface area contributed by atoms with E-state index in [0.29, 0.717) is 0 Å². The summed E-state index contributed by atoms with van der Waals surface area (Å²) in [6.07, 6.45) is 4.93. The fourth-order valence-electron chi connectivity index (χ4n) is 4.14. The fourth-order valence-corrected chi connectivity index (χ4v) is 4.14. The number of methoxy groups -OCH3 is 1. The van der Waals surface area contributed by atoms with Gasteiger partial charge in [0.15, 0.2) is 0 Å². The third-order valence-electron chi connectivity index (χ3n) is 5.58. The number of nitrogens with zero attached hydrogens (tertiary/aromatic N) is 1. The van der Waals surface area contributed by atoms with Crippen LogP contribution in [0, 0.1) is 13.8 Å². The second-order valence-electron chi connectivity index (χ2n) is 7.39. The van der Waals surface area contributed by atoms with Gasteiger partial charge in [-0.1, -0.05) is 18.2 Å². The van der Waals surface area contributed by atoms with E-state index in [4.69, 9.17) is 10.5 Å². The Morgan fingerprint density at radius 1 is 1.04 bits per heavy atom. The Morgan fingerprint density at radius 2 is 1.86 bits per heavy atom. The van der Waals surface area contributed by atoms with E-state index < -0.39 is 0 Å². The van der Waals surface area contributed by atoms with Crippen LogP contribution in [0.3, 0.4) is 0 Å². The molecule has 0 spiro atoms. The Hall–Kier alpha value is -2.85. The first-order chi connectivity index (χ1) is 13.7. The fraction of sp³-hybridized carbons (Fsp3) is 0.292. The molecule has 0 aliphatic heterocycles. The molecule has 0 saturated carbocycles. The number of H-pyrrole nitrogens is 1. The molecule has 3 N–H and O–H groups in total. The highest BCUT2D eigenvalue weighted by molar-refractivity contribution is 6.02. The first-order valence-electron chi connectivity index (χ1n) is 9.88. The van der Waals surface area contributed by atoms with E-state index in [1.54, 1.807) is 7.11 Å². The van der Waals surface area contributed by atoms with Gasteiger partial charge in [0.1, 0.15) is 11.3 Å². The second kappa shape index (κ2) is 7.64. The summed E-state index contributed by atoms with van der Waals surface area (Å²) in [5, 5.41) is 2.45. The minimum absolute atomic E-state index is 0.727. The lowest BCUT2D eigenvalue weighted by Crippen LogP contribution is -1.99. The number of aryl methyl sites for hydroxylation is 3. The molecule has 4 rings (SSSR count). The summed E-state index contributed by atoms with van der Waals surface area (Å²) in [5.74, 6) is 0.799. The number of unbranched alkanes of at least 4 members (excludes halogenated alkanes) is 1.